The quantitative estimate of drug-likeness (QED) is 0.164. The predicted molar refractivity (Wildman–Crippen MR) is 82.8 cm³/mol. The van der Waals surface area contributed by atoms with Gasteiger partial charge in [0.1, 0.15) is 0 Å². The Morgan fingerprint density at radius 3 is 2.17 bits per heavy atom. The van der Waals surface area contributed by atoms with Gasteiger partial charge >= 0.3 is 21.4 Å². The van der Waals surface area contributed by atoms with Crippen LogP contribution in [0.2, 0.25) is 0 Å². The first-order valence-corrected chi connectivity index (χ1v) is 11.7. The van der Waals surface area contributed by atoms with Gasteiger partial charge in [0.25, 0.3) is 10.1 Å². The van der Waals surface area contributed by atoms with E-state index in [0.717, 1.165) is 0 Å². The Balaban J connectivity index is 4.60. The first kappa shape index (κ1) is 23.7. The maximum Gasteiger partial charge on any atom is 0.476 e. The topological polar surface area (TPSA) is 185 Å². The van der Waals surface area contributed by atoms with E-state index in [1.807, 2.05) is 0 Å². The van der Waals surface area contributed by atoms with Crippen molar-refractivity contribution in [1.29, 1.82) is 0 Å². The first-order valence-electron chi connectivity index (χ1n) is 6.89. The van der Waals surface area contributed by atoms with E-state index < -0.39 is 48.8 Å². The Kier molecular flexibility index (Phi) is 9.27. The molecule has 0 aromatic rings. The van der Waals surface area contributed by atoms with Crippen molar-refractivity contribution in [2.24, 2.45) is 5.92 Å². The van der Waals surface area contributed by atoms with Crippen LogP contribution < -0.4 is 0 Å². The van der Waals surface area contributed by atoms with Gasteiger partial charge in [-0.1, -0.05) is 13.8 Å². The summed E-state index contributed by atoms with van der Waals surface area (Å²) in [6.07, 6.45) is -0.116. The molecule has 0 aromatic carbocycles. The first-order chi connectivity index (χ1) is 10.7. The van der Waals surface area contributed by atoms with Crippen molar-refractivity contribution in [1.82, 2.24) is 0 Å². The molecule has 24 heavy (non-hydrogen) atoms. The van der Waals surface area contributed by atoms with Crippen molar-refractivity contribution in [3.05, 3.63) is 0 Å². The zero-order chi connectivity index (χ0) is 19.2. The summed E-state index contributed by atoms with van der Waals surface area (Å²) < 4.78 is 60.7. The average molecular weight is 412 g/mol. The number of carbonyl (C=O) groups excluding carboxylic acids is 1. The van der Waals surface area contributed by atoms with E-state index in [2.05, 4.69) is 4.31 Å². The summed E-state index contributed by atoms with van der Waals surface area (Å²) in [5.41, 5.74) is -1.24. The molecule has 0 aliphatic heterocycles. The number of ether oxygens (including phenoxy) is 1. The molecule has 0 rings (SSSR count). The van der Waals surface area contributed by atoms with Crippen LogP contribution in [0, 0.1) is 5.92 Å². The molecule has 0 saturated carbocycles. The number of carbonyl (C=O) groups is 1. The van der Waals surface area contributed by atoms with Gasteiger partial charge in [0, 0.05) is 0 Å². The van der Waals surface area contributed by atoms with E-state index >= 15 is 0 Å². The van der Waals surface area contributed by atoms with Gasteiger partial charge in [0.2, 0.25) is 0 Å². The third-order valence-corrected chi connectivity index (χ3v) is 6.94. The van der Waals surface area contributed by atoms with E-state index in [9.17, 15) is 27.2 Å². The molecule has 0 spiro atoms. The third kappa shape index (κ3) is 10.5. The SMILES string of the molecule is CCC(CC(C)P(=O)(O)OP(=O)(O)O)C(=O)OCCCS(=O)(=O)O. The fourth-order valence-corrected chi connectivity index (χ4v) is 4.61. The second-order valence-electron chi connectivity index (χ2n) is 5.13. The van der Waals surface area contributed by atoms with Gasteiger partial charge in [0.05, 0.1) is 23.9 Å². The molecule has 0 radical (unpaired) electrons. The number of phosphoric acid groups is 1. The van der Waals surface area contributed by atoms with Crippen molar-refractivity contribution < 1.29 is 50.6 Å². The Morgan fingerprint density at radius 2 is 1.75 bits per heavy atom. The summed E-state index contributed by atoms with van der Waals surface area (Å²) in [5, 5.41) is 0. The van der Waals surface area contributed by atoms with E-state index in [-0.39, 0.29) is 25.9 Å². The lowest BCUT2D eigenvalue weighted by atomic mass is 10.0. The van der Waals surface area contributed by atoms with Gasteiger partial charge in [0.15, 0.2) is 0 Å². The molecule has 0 bridgehead atoms. The maximum absolute atomic E-state index is 11.8. The molecular formula is C10H22O11P2S. The summed E-state index contributed by atoms with van der Waals surface area (Å²) in [6.45, 7) is 2.53. The molecule has 0 fully saturated rings. The normalized spacial score (nSPS) is 17.8. The van der Waals surface area contributed by atoms with E-state index in [4.69, 9.17) is 19.1 Å². The van der Waals surface area contributed by atoms with E-state index in [1.165, 1.54) is 6.92 Å². The monoisotopic (exact) mass is 412 g/mol. The minimum atomic E-state index is -5.16. The summed E-state index contributed by atoms with van der Waals surface area (Å²) in [4.78, 5) is 38.6. The third-order valence-electron chi connectivity index (χ3n) is 3.02. The zero-order valence-electron chi connectivity index (χ0n) is 13.1. The van der Waals surface area contributed by atoms with Gasteiger partial charge < -0.3 is 19.4 Å². The Morgan fingerprint density at radius 1 is 1.21 bits per heavy atom. The van der Waals surface area contributed by atoms with Gasteiger partial charge in [-0.3, -0.25) is 13.9 Å². The van der Waals surface area contributed by atoms with Crippen LogP contribution >= 0.6 is 15.4 Å². The Hall–Kier alpha value is -0.320. The number of esters is 1. The highest BCUT2D eigenvalue weighted by molar-refractivity contribution is 7.85. The number of hydrogen-bond acceptors (Lipinski definition) is 7. The second-order valence-corrected chi connectivity index (χ2v) is 10.3. The molecule has 0 aromatic heterocycles. The molecule has 4 N–H and O–H groups in total. The summed E-state index contributed by atoms with van der Waals surface area (Å²) in [7, 11) is -14.0. The van der Waals surface area contributed by atoms with Crippen molar-refractivity contribution in [2.45, 2.75) is 38.8 Å². The van der Waals surface area contributed by atoms with Crippen LogP contribution in [-0.4, -0.2) is 51.6 Å². The van der Waals surface area contributed by atoms with E-state index in [1.54, 1.807) is 6.92 Å². The smallest absolute Gasteiger partial charge is 0.465 e. The molecule has 0 saturated heterocycles. The van der Waals surface area contributed by atoms with Crippen LogP contribution in [-0.2, 0) is 33.1 Å². The molecule has 11 nitrogen and oxygen atoms in total. The fraction of sp³-hybridized carbons (Fsp3) is 0.900. The molecule has 0 heterocycles. The number of rotatable bonds is 11. The predicted octanol–water partition coefficient (Wildman–Crippen LogP) is 0.907. The van der Waals surface area contributed by atoms with Gasteiger partial charge in [-0.15, -0.1) is 0 Å². The molecule has 14 heteroatoms. The highest BCUT2D eigenvalue weighted by Crippen LogP contribution is 2.60. The highest BCUT2D eigenvalue weighted by Gasteiger charge is 2.38. The summed E-state index contributed by atoms with van der Waals surface area (Å²) in [6, 6.07) is 0. The molecule has 3 atom stereocenters. The fourth-order valence-electron chi connectivity index (χ4n) is 1.74. The van der Waals surface area contributed by atoms with Gasteiger partial charge in [-0.2, -0.15) is 8.42 Å². The second kappa shape index (κ2) is 9.40. The van der Waals surface area contributed by atoms with Crippen LogP contribution in [0.4, 0.5) is 0 Å². The molecule has 3 unspecified atom stereocenters. The average Bonchev–Trinajstić information content (AvgIpc) is 2.36. The van der Waals surface area contributed by atoms with Crippen molar-refractivity contribution in [3.63, 3.8) is 0 Å². The van der Waals surface area contributed by atoms with Crippen LogP contribution in [0.3, 0.4) is 0 Å². The lowest BCUT2D eigenvalue weighted by molar-refractivity contribution is -0.148. The standard InChI is InChI=1S/C10H22O11P2S/c1-3-9(10(11)20-5-4-6-24(17,18)19)7-8(2)22(12,13)21-23(14,15)16/h8-9H,3-7H2,1-2H3,(H,12,13)(H2,14,15,16)(H,17,18,19). The largest absolute Gasteiger partial charge is 0.476 e. The molecule has 0 aliphatic carbocycles. The van der Waals surface area contributed by atoms with Crippen LogP contribution in [0.5, 0.6) is 0 Å². The van der Waals surface area contributed by atoms with Crippen LogP contribution in [0.15, 0.2) is 0 Å². The minimum Gasteiger partial charge on any atom is -0.465 e. The number of hydrogen-bond donors (Lipinski definition) is 4. The van der Waals surface area contributed by atoms with Crippen molar-refractivity contribution >= 4 is 31.5 Å². The molecular weight excluding hydrogens is 390 g/mol. The van der Waals surface area contributed by atoms with E-state index in [0.29, 0.717) is 0 Å². The highest BCUT2D eigenvalue weighted by atomic mass is 32.2. The van der Waals surface area contributed by atoms with Crippen molar-refractivity contribution in [2.75, 3.05) is 12.4 Å². The zero-order valence-corrected chi connectivity index (χ0v) is 15.7. The minimum absolute atomic E-state index is 0.115. The van der Waals surface area contributed by atoms with Gasteiger partial charge in [-0.05, 0) is 19.3 Å². The Bertz CT molecular complexity index is 610. The molecule has 0 aliphatic rings. The maximum atomic E-state index is 11.8. The summed E-state index contributed by atoms with van der Waals surface area (Å²) in [5.74, 6) is -2.17. The molecule has 0 amide bonds. The Labute approximate surface area is 139 Å². The van der Waals surface area contributed by atoms with Gasteiger partial charge in [-0.25, -0.2) is 8.88 Å². The van der Waals surface area contributed by atoms with Crippen molar-refractivity contribution in [3.8, 4) is 0 Å². The van der Waals surface area contributed by atoms with Crippen LogP contribution in [0.25, 0.3) is 0 Å². The molecule has 144 valence electrons. The lowest BCUT2D eigenvalue weighted by Gasteiger charge is -2.22. The summed E-state index contributed by atoms with van der Waals surface area (Å²) >= 11 is 0. The van der Waals surface area contributed by atoms with Crippen LogP contribution in [0.1, 0.15) is 33.1 Å². The lowest BCUT2D eigenvalue weighted by Crippen LogP contribution is -2.23.